The average Bonchev–Trinajstić information content (AvgIpc) is 3.32. The molecule has 0 bridgehead atoms. The van der Waals surface area contributed by atoms with Gasteiger partial charge in [-0.2, -0.15) is 0 Å². The largest absolute Gasteiger partial charge is 0.371 e. The molecule has 4 amide bonds. The first-order chi connectivity index (χ1) is 15.1. The van der Waals surface area contributed by atoms with E-state index in [9.17, 15) is 14.4 Å². The van der Waals surface area contributed by atoms with Crippen molar-refractivity contribution in [3.63, 3.8) is 0 Å². The number of carbonyl (C=O) groups excluding carboxylic acids is 3. The second-order valence-electron chi connectivity index (χ2n) is 7.58. The van der Waals surface area contributed by atoms with E-state index in [0.717, 1.165) is 40.0 Å². The highest BCUT2D eigenvalue weighted by atomic mass is 16.2. The minimum atomic E-state index is -0.771. The van der Waals surface area contributed by atoms with Crippen molar-refractivity contribution in [3.8, 4) is 0 Å². The second kappa shape index (κ2) is 7.68. The molecule has 7 heteroatoms. The summed E-state index contributed by atoms with van der Waals surface area (Å²) in [7, 11) is 0. The molecule has 2 aromatic carbocycles. The lowest BCUT2D eigenvalue weighted by atomic mass is 9.99. The van der Waals surface area contributed by atoms with Crippen LogP contribution in [0.2, 0.25) is 0 Å². The summed E-state index contributed by atoms with van der Waals surface area (Å²) in [6.07, 6.45) is 6.89. The lowest BCUT2D eigenvalue weighted by Crippen LogP contribution is -2.54. The zero-order valence-electron chi connectivity index (χ0n) is 16.7. The number of benzene rings is 2. The maximum absolute atomic E-state index is 13.1. The molecule has 0 aliphatic carbocycles. The summed E-state index contributed by atoms with van der Waals surface area (Å²) >= 11 is 0. The molecule has 2 saturated heterocycles. The highest BCUT2D eigenvalue weighted by molar-refractivity contribution is 6.39. The Bertz CT molecular complexity index is 1230. The number of rotatable bonds is 3. The molecular weight excluding hydrogens is 392 g/mol. The highest BCUT2D eigenvalue weighted by Gasteiger charge is 2.36. The van der Waals surface area contributed by atoms with Crippen LogP contribution in [0.4, 0.5) is 16.2 Å². The van der Waals surface area contributed by atoms with Gasteiger partial charge in [-0.3, -0.25) is 19.9 Å². The van der Waals surface area contributed by atoms with E-state index in [1.807, 2.05) is 30.3 Å². The van der Waals surface area contributed by atoms with Crippen LogP contribution in [0.1, 0.15) is 18.4 Å². The zero-order valence-corrected chi connectivity index (χ0v) is 16.7. The quantitative estimate of drug-likeness (QED) is 0.526. The van der Waals surface area contributed by atoms with Crippen LogP contribution in [-0.2, 0) is 9.59 Å². The van der Waals surface area contributed by atoms with Crippen molar-refractivity contribution in [2.75, 3.05) is 22.9 Å². The first-order valence-corrected chi connectivity index (χ1v) is 10.2. The molecule has 3 heterocycles. The Morgan fingerprint density at radius 3 is 2.32 bits per heavy atom. The summed E-state index contributed by atoms with van der Waals surface area (Å²) in [5.74, 6) is -1.36. The average molecular weight is 412 g/mol. The van der Waals surface area contributed by atoms with Gasteiger partial charge in [-0.05, 0) is 48.1 Å². The van der Waals surface area contributed by atoms with Gasteiger partial charge in [0.1, 0.15) is 5.57 Å². The van der Waals surface area contributed by atoms with Crippen molar-refractivity contribution < 1.29 is 14.4 Å². The van der Waals surface area contributed by atoms with Crippen LogP contribution in [0.15, 0.2) is 66.5 Å². The Hall–Kier alpha value is -4.00. The van der Waals surface area contributed by atoms with E-state index in [4.69, 9.17) is 0 Å². The number of aromatic nitrogens is 1. The first kappa shape index (κ1) is 19.0. The Balaban J connectivity index is 1.59. The SMILES string of the molecule is O=C1NC(=O)N(c2ccncc2)C(=O)/C1=C/c1ccc(N2CCCC2)c2ccccc12. The van der Waals surface area contributed by atoms with Crippen molar-refractivity contribution in [1.29, 1.82) is 0 Å². The highest BCUT2D eigenvalue weighted by Crippen LogP contribution is 2.33. The molecule has 3 aromatic rings. The standard InChI is InChI=1S/C24H20N4O3/c29-22-20(23(30)28(24(31)26-22)17-9-11-25-12-10-17)15-16-7-8-21(27-13-3-4-14-27)19-6-2-1-5-18(16)19/h1-2,5-12,15H,3-4,13-14H2,(H,26,29,31)/b20-15+. The van der Waals surface area contributed by atoms with Gasteiger partial charge in [0.15, 0.2) is 0 Å². The predicted molar refractivity (Wildman–Crippen MR) is 119 cm³/mol. The predicted octanol–water partition coefficient (Wildman–Crippen LogP) is 3.50. The molecule has 2 fully saturated rings. The van der Waals surface area contributed by atoms with Crippen LogP contribution in [0.5, 0.6) is 0 Å². The third-order valence-corrected chi connectivity index (χ3v) is 5.70. The van der Waals surface area contributed by atoms with Gasteiger partial charge >= 0.3 is 6.03 Å². The van der Waals surface area contributed by atoms with Crippen molar-refractivity contribution in [2.45, 2.75) is 12.8 Å². The third-order valence-electron chi connectivity index (χ3n) is 5.70. The lowest BCUT2D eigenvalue weighted by molar-refractivity contribution is -0.122. The van der Waals surface area contributed by atoms with Crippen molar-refractivity contribution in [3.05, 3.63) is 72.1 Å². The molecule has 5 rings (SSSR count). The molecule has 0 radical (unpaired) electrons. The van der Waals surface area contributed by atoms with Crippen LogP contribution < -0.4 is 15.1 Å². The number of imide groups is 2. The number of fused-ring (bicyclic) bond motifs is 1. The van der Waals surface area contributed by atoms with E-state index in [1.54, 1.807) is 18.2 Å². The molecule has 0 saturated carbocycles. The monoisotopic (exact) mass is 412 g/mol. The number of amides is 4. The Kier molecular flexibility index (Phi) is 4.71. The minimum Gasteiger partial charge on any atom is -0.371 e. The van der Waals surface area contributed by atoms with Crippen molar-refractivity contribution in [2.24, 2.45) is 0 Å². The van der Waals surface area contributed by atoms with E-state index in [-0.39, 0.29) is 5.57 Å². The summed E-state index contributed by atoms with van der Waals surface area (Å²) < 4.78 is 0. The maximum Gasteiger partial charge on any atom is 0.335 e. The molecule has 31 heavy (non-hydrogen) atoms. The Labute approximate surface area is 179 Å². The van der Waals surface area contributed by atoms with Gasteiger partial charge in [-0.25, -0.2) is 9.69 Å². The van der Waals surface area contributed by atoms with Gasteiger partial charge in [-0.1, -0.05) is 30.3 Å². The second-order valence-corrected chi connectivity index (χ2v) is 7.58. The summed E-state index contributed by atoms with van der Waals surface area (Å²) in [6, 6.07) is 14.3. The molecule has 2 aliphatic rings. The lowest BCUT2D eigenvalue weighted by Gasteiger charge is -2.26. The number of pyridine rings is 1. The number of nitrogens with one attached hydrogen (secondary N) is 1. The third kappa shape index (κ3) is 3.34. The van der Waals surface area contributed by atoms with Crippen LogP contribution >= 0.6 is 0 Å². The fourth-order valence-electron chi connectivity index (χ4n) is 4.21. The van der Waals surface area contributed by atoms with Gasteiger partial charge in [0.25, 0.3) is 11.8 Å². The minimum absolute atomic E-state index is 0.0875. The summed E-state index contributed by atoms with van der Waals surface area (Å²) in [5.41, 5.74) is 2.17. The number of carbonyl (C=O) groups is 3. The van der Waals surface area contributed by atoms with Crippen LogP contribution in [-0.4, -0.2) is 35.9 Å². The van der Waals surface area contributed by atoms with Crippen molar-refractivity contribution in [1.82, 2.24) is 10.3 Å². The van der Waals surface area contributed by atoms with Crippen LogP contribution in [0, 0.1) is 0 Å². The smallest absolute Gasteiger partial charge is 0.335 e. The van der Waals surface area contributed by atoms with E-state index >= 15 is 0 Å². The van der Waals surface area contributed by atoms with E-state index < -0.39 is 17.8 Å². The Morgan fingerprint density at radius 2 is 1.58 bits per heavy atom. The fourth-order valence-corrected chi connectivity index (χ4v) is 4.21. The zero-order chi connectivity index (χ0) is 21.4. The number of anilines is 2. The summed E-state index contributed by atoms with van der Waals surface area (Å²) in [6.45, 7) is 2.04. The van der Waals surface area contributed by atoms with Gasteiger partial charge in [0.05, 0.1) is 5.69 Å². The van der Waals surface area contributed by atoms with E-state index in [1.165, 1.54) is 25.2 Å². The fraction of sp³-hybridized carbons (Fsp3) is 0.167. The maximum atomic E-state index is 13.1. The number of hydrogen-bond donors (Lipinski definition) is 1. The molecule has 0 atom stereocenters. The normalized spacial score (nSPS) is 18.2. The molecule has 2 aliphatic heterocycles. The van der Waals surface area contributed by atoms with Crippen molar-refractivity contribution >= 4 is 46.1 Å². The molecular formula is C24H20N4O3. The first-order valence-electron chi connectivity index (χ1n) is 10.2. The summed E-state index contributed by atoms with van der Waals surface area (Å²) in [4.78, 5) is 45.2. The number of urea groups is 1. The topological polar surface area (TPSA) is 82.6 Å². The van der Waals surface area contributed by atoms with Gasteiger partial charge in [-0.15, -0.1) is 0 Å². The number of barbiturate groups is 1. The molecule has 7 nitrogen and oxygen atoms in total. The van der Waals surface area contributed by atoms with Gasteiger partial charge < -0.3 is 4.90 Å². The summed E-state index contributed by atoms with van der Waals surface area (Å²) in [5, 5.41) is 4.29. The van der Waals surface area contributed by atoms with Crippen LogP contribution in [0.3, 0.4) is 0 Å². The molecule has 154 valence electrons. The molecule has 1 N–H and O–H groups in total. The number of hydrogen-bond acceptors (Lipinski definition) is 5. The van der Waals surface area contributed by atoms with Crippen LogP contribution in [0.25, 0.3) is 16.8 Å². The molecule has 0 spiro atoms. The van der Waals surface area contributed by atoms with E-state index in [2.05, 4.69) is 21.3 Å². The molecule has 1 aromatic heterocycles. The Morgan fingerprint density at radius 1 is 0.871 bits per heavy atom. The number of nitrogens with zero attached hydrogens (tertiary/aromatic N) is 3. The van der Waals surface area contributed by atoms with Gasteiger partial charge in [0, 0.05) is 36.6 Å². The van der Waals surface area contributed by atoms with E-state index in [0.29, 0.717) is 5.69 Å². The van der Waals surface area contributed by atoms with Gasteiger partial charge in [0.2, 0.25) is 0 Å². The molecule has 0 unspecified atom stereocenters.